The van der Waals surface area contributed by atoms with Crippen molar-refractivity contribution in [3.8, 4) is 10.6 Å². The van der Waals surface area contributed by atoms with E-state index in [0.29, 0.717) is 27.8 Å². The normalized spacial score (nSPS) is 13.3. The fourth-order valence-corrected chi connectivity index (χ4v) is 3.48. The number of aromatic nitrogens is 1. The summed E-state index contributed by atoms with van der Waals surface area (Å²) in [5.74, 6) is -0.374. The van der Waals surface area contributed by atoms with Crippen molar-refractivity contribution in [2.45, 2.75) is 46.1 Å². The Kier molecular flexibility index (Phi) is 7.29. The molecule has 0 saturated heterocycles. The molecule has 1 heterocycles. The highest BCUT2D eigenvalue weighted by molar-refractivity contribution is 7.16. The van der Waals surface area contributed by atoms with Crippen LogP contribution in [0.2, 0.25) is 5.02 Å². The average Bonchev–Trinajstić information content (AvgIpc) is 3.07. The number of benzene rings is 1. The number of amides is 1. The number of hydrogen-bond donors (Lipinski definition) is 1. The van der Waals surface area contributed by atoms with Gasteiger partial charge in [-0.1, -0.05) is 31.9 Å². The minimum Gasteiger partial charge on any atom is -0.341 e. The molecule has 140 valence electrons. The summed E-state index contributed by atoms with van der Waals surface area (Å²) in [6.07, 6.45) is 3.95. The first-order valence-electron chi connectivity index (χ1n) is 8.53. The lowest BCUT2D eigenvalue weighted by atomic mass is 9.98. The van der Waals surface area contributed by atoms with Crippen molar-refractivity contribution >= 4 is 34.6 Å². The third-order valence-electron chi connectivity index (χ3n) is 4.28. The molecule has 1 aromatic heterocycles. The molecule has 2 rings (SSSR count). The zero-order valence-corrected chi connectivity index (χ0v) is 16.6. The van der Waals surface area contributed by atoms with Gasteiger partial charge in [-0.2, -0.15) is 0 Å². The van der Waals surface area contributed by atoms with E-state index >= 15 is 0 Å². The Balaban J connectivity index is 2.09. The molecule has 0 saturated carbocycles. The summed E-state index contributed by atoms with van der Waals surface area (Å²) >= 11 is 7.00. The molecular weight excluding hydrogens is 375 g/mol. The van der Waals surface area contributed by atoms with Crippen LogP contribution in [0.25, 0.3) is 10.6 Å². The fourth-order valence-electron chi connectivity index (χ4n) is 2.45. The van der Waals surface area contributed by atoms with Gasteiger partial charge in [0.15, 0.2) is 5.78 Å². The maximum absolute atomic E-state index is 13.5. The Morgan fingerprint density at radius 1 is 1.31 bits per heavy atom. The predicted molar refractivity (Wildman–Crippen MR) is 103 cm³/mol. The number of carbonyl (C=O) groups is 2. The van der Waals surface area contributed by atoms with Crippen molar-refractivity contribution in [2.24, 2.45) is 5.92 Å². The van der Waals surface area contributed by atoms with Crippen molar-refractivity contribution < 1.29 is 14.0 Å². The third-order valence-corrected chi connectivity index (χ3v) is 5.54. The Labute approximate surface area is 161 Å². The summed E-state index contributed by atoms with van der Waals surface area (Å²) in [4.78, 5) is 28.8. The van der Waals surface area contributed by atoms with Gasteiger partial charge in [0.05, 0.1) is 12.2 Å². The number of Topliss-reactive ketones (excluding diaryl/α,β-unsaturated/α-hetero) is 1. The highest BCUT2D eigenvalue weighted by Gasteiger charge is 2.20. The Morgan fingerprint density at radius 2 is 2.04 bits per heavy atom. The molecule has 0 aliphatic carbocycles. The molecule has 2 atom stereocenters. The molecule has 1 unspecified atom stereocenters. The Bertz CT molecular complexity index is 773. The molecule has 0 bridgehead atoms. The van der Waals surface area contributed by atoms with Gasteiger partial charge in [0.1, 0.15) is 15.7 Å². The Morgan fingerprint density at radius 3 is 2.65 bits per heavy atom. The monoisotopic (exact) mass is 396 g/mol. The predicted octanol–water partition coefficient (Wildman–Crippen LogP) is 5.12. The molecule has 0 fully saturated rings. The minimum atomic E-state index is -0.509. The maximum Gasteiger partial charge on any atom is 0.263 e. The van der Waals surface area contributed by atoms with E-state index in [0.717, 1.165) is 24.2 Å². The smallest absolute Gasteiger partial charge is 0.263 e. The molecule has 0 radical (unpaired) electrons. The number of nitrogens with one attached hydrogen (secondary N) is 1. The zero-order valence-electron chi connectivity index (χ0n) is 15.0. The van der Waals surface area contributed by atoms with Crippen LogP contribution in [0.3, 0.4) is 0 Å². The van der Waals surface area contributed by atoms with Gasteiger partial charge in [0.2, 0.25) is 0 Å². The molecule has 26 heavy (non-hydrogen) atoms. The van der Waals surface area contributed by atoms with E-state index in [9.17, 15) is 14.0 Å². The second-order valence-corrected chi connectivity index (χ2v) is 7.88. The van der Waals surface area contributed by atoms with Crippen molar-refractivity contribution in [3.63, 3.8) is 0 Å². The van der Waals surface area contributed by atoms with Crippen LogP contribution in [-0.4, -0.2) is 22.7 Å². The van der Waals surface area contributed by atoms with Gasteiger partial charge in [-0.25, -0.2) is 9.37 Å². The topological polar surface area (TPSA) is 59.1 Å². The highest BCUT2D eigenvalue weighted by Crippen LogP contribution is 2.28. The zero-order chi connectivity index (χ0) is 19.3. The summed E-state index contributed by atoms with van der Waals surface area (Å²) in [5.41, 5.74) is 0.513. The quantitative estimate of drug-likeness (QED) is 0.673. The Hall–Kier alpha value is -1.79. The molecule has 0 aliphatic heterocycles. The van der Waals surface area contributed by atoms with Gasteiger partial charge in [-0.15, -0.1) is 11.3 Å². The number of hydrogen-bond acceptors (Lipinski definition) is 4. The third kappa shape index (κ3) is 5.61. The van der Waals surface area contributed by atoms with Gasteiger partial charge in [0, 0.05) is 10.6 Å². The van der Waals surface area contributed by atoms with Crippen LogP contribution in [0.4, 0.5) is 4.39 Å². The van der Waals surface area contributed by atoms with Crippen molar-refractivity contribution in [1.29, 1.82) is 0 Å². The van der Waals surface area contributed by atoms with E-state index in [-0.39, 0.29) is 16.7 Å². The number of nitrogens with zero attached hydrogens (tertiary/aromatic N) is 1. The van der Waals surface area contributed by atoms with Crippen LogP contribution in [0.5, 0.6) is 0 Å². The van der Waals surface area contributed by atoms with Crippen LogP contribution in [-0.2, 0) is 4.79 Å². The second-order valence-electron chi connectivity index (χ2n) is 6.42. The molecule has 0 aliphatic rings. The lowest BCUT2D eigenvalue weighted by Crippen LogP contribution is -2.39. The van der Waals surface area contributed by atoms with E-state index < -0.39 is 11.9 Å². The number of thiazole rings is 1. The van der Waals surface area contributed by atoms with Gasteiger partial charge in [-0.3, -0.25) is 9.59 Å². The highest BCUT2D eigenvalue weighted by atomic mass is 35.5. The number of rotatable bonds is 8. The number of halogens is 2. The van der Waals surface area contributed by atoms with Crippen LogP contribution < -0.4 is 5.32 Å². The van der Waals surface area contributed by atoms with Gasteiger partial charge >= 0.3 is 0 Å². The first kappa shape index (κ1) is 20.5. The van der Waals surface area contributed by atoms with E-state index in [1.165, 1.54) is 25.3 Å². The number of carbonyl (C=O) groups excluding carboxylic acids is 2. The van der Waals surface area contributed by atoms with Crippen LogP contribution in [0, 0.1) is 11.7 Å². The fraction of sp³-hybridized carbons (Fsp3) is 0.421. The summed E-state index contributed by atoms with van der Waals surface area (Å²) in [6.45, 7) is 5.70. The van der Waals surface area contributed by atoms with Gasteiger partial charge in [-0.05, 0) is 43.9 Å². The van der Waals surface area contributed by atoms with Gasteiger partial charge in [0.25, 0.3) is 5.91 Å². The molecule has 0 spiro atoms. The lowest BCUT2D eigenvalue weighted by molar-refractivity contribution is -0.119. The molecule has 4 nitrogen and oxygen atoms in total. The first-order chi connectivity index (χ1) is 12.3. The maximum atomic E-state index is 13.5. The number of ketones is 1. The van der Waals surface area contributed by atoms with Crippen molar-refractivity contribution in [2.75, 3.05) is 0 Å². The summed E-state index contributed by atoms with van der Waals surface area (Å²) in [5, 5.41) is 3.54. The van der Waals surface area contributed by atoms with E-state index in [1.54, 1.807) is 6.07 Å². The van der Waals surface area contributed by atoms with Crippen molar-refractivity contribution in [1.82, 2.24) is 10.3 Å². The summed E-state index contributed by atoms with van der Waals surface area (Å²) < 4.78 is 13.5. The van der Waals surface area contributed by atoms with E-state index in [1.807, 2.05) is 0 Å². The summed E-state index contributed by atoms with van der Waals surface area (Å²) in [7, 11) is 0. The second kappa shape index (κ2) is 9.24. The van der Waals surface area contributed by atoms with E-state index in [4.69, 9.17) is 11.6 Å². The SMILES string of the molecule is CC[C@@H](C)CCC(NC(=O)c1cnc(-c2cc(F)cc(Cl)c2)s1)C(C)=O. The van der Waals surface area contributed by atoms with E-state index in [2.05, 4.69) is 24.1 Å². The van der Waals surface area contributed by atoms with Crippen LogP contribution in [0.1, 0.15) is 49.7 Å². The van der Waals surface area contributed by atoms with Gasteiger partial charge < -0.3 is 5.32 Å². The molecule has 7 heteroatoms. The molecule has 1 N–H and O–H groups in total. The lowest BCUT2D eigenvalue weighted by Gasteiger charge is -2.17. The standard InChI is InChI=1S/C19H22ClFN2O2S/c1-4-11(2)5-6-16(12(3)24)23-18(25)17-10-22-19(26-17)13-7-14(20)9-15(21)8-13/h7-11,16H,4-6H2,1-3H3,(H,23,25)/t11-,16?/m1/s1. The van der Waals surface area contributed by atoms with Crippen molar-refractivity contribution in [3.05, 3.63) is 40.1 Å². The largest absolute Gasteiger partial charge is 0.341 e. The van der Waals surface area contributed by atoms with Crippen LogP contribution in [0.15, 0.2) is 24.4 Å². The molecule has 1 aromatic carbocycles. The molecule has 2 aromatic rings. The average molecular weight is 397 g/mol. The van der Waals surface area contributed by atoms with Crippen LogP contribution >= 0.6 is 22.9 Å². The minimum absolute atomic E-state index is 0.0664. The molecule has 1 amide bonds. The molecular formula is C19H22ClFN2O2S. The first-order valence-corrected chi connectivity index (χ1v) is 9.73. The summed E-state index contributed by atoms with van der Waals surface area (Å²) in [6, 6.07) is 3.61.